The molecule has 1 saturated carbocycles. The summed E-state index contributed by atoms with van der Waals surface area (Å²) in [6.45, 7) is 11.0. The Balaban J connectivity index is 1.53. The number of ether oxygens (including phenoxy) is 1. The average molecular weight is 477 g/mol. The van der Waals surface area contributed by atoms with E-state index in [-0.39, 0.29) is 18.1 Å². The maximum Gasteiger partial charge on any atom is 0.254 e. The molecule has 2 unspecified atom stereocenters. The van der Waals surface area contributed by atoms with Gasteiger partial charge >= 0.3 is 0 Å². The third-order valence-electron chi connectivity index (χ3n) is 7.41. The van der Waals surface area contributed by atoms with Crippen molar-refractivity contribution in [2.24, 2.45) is 5.92 Å². The predicted molar refractivity (Wildman–Crippen MR) is 140 cm³/mol. The molecule has 0 saturated heterocycles. The lowest BCUT2D eigenvalue weighted by Gasteiger charge is -2.36. The first-order valence-corrected chi connectivity index (χ1v) is 13.3. The van der Waals surface area contributed by atoms with Crippen LogP contribution in [0.1, 0.15) is 99.7 Å². The number of pyridine rings is 1. The minimum absolute atomic E-state index is 0.0535. The van der Waals surface area contributed by atoms with Crippen molar-refractivity contribution in [3.8, 4) is 5.88 Å². The van der Waals surface area contributed by atoms with Gasteiger partial charge in [0, 0.05) is 36.8 Å². The molecule has 4 heterocycles. The molecule has 2 aromatic rings. The van der Waals surface area contributed by atoms with E-state index >= 15 is 0 Å². The van der Waals surface area contributed by atoms with Gasteiger partial charge in [-0.3, -0.25) is 4.79 Å². The highest BCUT2D eigenvalue weighted by Crippen LogP contribution is 2.33. The molecule has 6 heteroatoms. The maximum atomic E-state index is 13.1. The molecule has 4 bridgehead atoms. The van der Waals surface area contributed by atoms with Crippen LogP contribution in [0.25, 0.3) is 6.20 Å². The molecule has 6 nitrogen and oxygen atoms in total. The molecule has 35 heavy (non-hydrogen) atoms. The summed E-state index contributed by atoms with van der Waals surface area (Å²) in [5.41, 5.74) is 3.89. The second kappa shape index (κ2) is 11.7. The van der Waals surface area contributed by atoms with Crippen LogP contribution in [-0.2, 0) is 6.42 Å². The minimum Gasteiger partial charge on any atom is -0.474 e. The first-order chi connectivity index (χ1) is 16.9. The Hall–Kier alpha value is -2.89. The molecule has 1 N–H and O–H groups in total. The molecule has 0 radical (unpaired) electrons. The third kappa shape index (κ3) is 6.41. The number of amides is 1. The summed E-state index contributed by atoms with van der Waals surface area (Å²) in [7, 11) is 0. The van der Waals surface area contributed by atoms with Gasteiger partial charge in [-0.25, -0.2) is 9.67 Å². The van der Waals surface area contributed by atoms with Crippen LogP contribution in [0.5, 0.6) is 5.88 Å². The predicted octanol–water partition coefficient (Wildman–Crippen LogP) is 6.30. The largest absolute Gasteiger partial charge is 0.474 e. The Bertz CT molecular complexity index is 1050. The second-order valence-corrected chi connectivity index (χ2v) is 10.4. The monoisotopic (exact) mass is 476 g/mol. The van der Waals surface area contributed by atoms with Gasteiger partial charge < -0.3 is 10.1 Å². The zero-order valence-electron chi connectivity index (χ0n) is 21.5. The number of fused-ring (bicyclic) bond motifs is 9. The lowest BCUT2D eigenvalue weighted by Crippen LogP contribution is -2.49. The van der Waals surface area contributed by atoms with E-state index in [2.05, 4.69) is 48.8 Å². The van der Waals surface area contributed by atoms with Crippen molar-refractivity contribution in [1.29, 1.82) is 0 Å². The van der Waals surface area contributed by atoms with E-state index in [4.69, 9.17) is 4.74 Å². The van der Waals surface area contributed by atoms with E-state index in [0.29, 0.717) is 17.4 Å². The van der Waals surface area contributed by atoms with Crippen LogP contribution in [0, 0.1) is 5.92 Å². The summed E-state index contributed by atoms with van der Waals surface area (Å²) in [4.78, 5) is 17.6. The lowest BCUT2D eigenvalue weighted by atomic mass is 9.88. The smallest absolute Gasteiger partial charge is 0.254 e. The topological polar surface area (TPSA) is 69.0 Å². The lowest BCUT2D eigenvalue weighted by molar-refractivity contribution is 0.0670. The number of carbonyl (C=O) groups is 1. The normalized spacial score (nSPS) is 26.9. The van der Waals surface area contributed by atoms with Gasteiger partial charge in [0.05, 0.1) is 17.5 Å². The van der Waals surface area contributed by atoms with E-state index < -0.39 is 0 Å². The van der Waals surface area contributed by atoms with E-state index in [0.717, 1.165) is 62.1 Å². The Labute approximate surface area is 209 Å². The number of carbonyl (C=O) groups excluding carboxylic acids is 1. The number of aromatic nitrogens is 3. The molecular formula is C29H40N4O2. The molecule has 188 valence electrons. The van der Waals surface area contributed by atoms with Crippen molar-refractivity contribution < 1.29 is 9.53 Å². The molecule has 1 amide bonds. The van der Waals surface area contributed by atoms with E-state index in [1.165, 1.54) is 18.4 Å². The van der Waals surface area contributed by atoms with Gasteiger partial charge in [0.25, 0.3) is 5.91 Å². The molecule has 0 spiro atoms. The Morgan fingerprint density at radius 3 is 2.86 bits per heavy atom. The fourth-order valence-corrected chi connectivity index (χ4v) is 5.03. The molecular weight excluding hydrogens is 436 g/mol. The van der Waals surface area contributed by atoms with Gasteiger partial charge in [-0.2, -0.15) is 5.10 Å². The summed E-state index contributed by atoms with van der Waals surface area (Å²) < 4.78 is 8.13. The molecule has 1 aliphatic carbocycles. The van der Waals surface area contributed by atoms with Gasteiger partial charge in [-0.15, -0.1) is 0 Å². The molecule has 5 rings (SSSR count). The van der Waals surface area contributed by atoms with Crippen LogP contribution in [0.3, 0.4) is 0 Å². The molecule has 2 aliphatic heterocycles. The van der Waals surface area contributed by atoms with Crippen molar-refractivity contribution in [1.82, 2.24) is 20.1 Å². The standard InChI is InChI=1S/C29H40N4O2/c1-5-8-27-26-19-31-33(27)16-14-21(3)13-12-20(2)9-6-10-22(4)25-11-7-15-30-29(25)35-24-17-23(18-24)32-28(26)34/h7,11,14-16,19-20,22-24H,3,5-6,8-10,12-13,17-18H2,1-2,4H3,(H,32,34)/b16-14-. The number of allylic oxidation sites excluding steroid dienone is 2. The van der Waals surface area contributed by atoms with E-state index in [1.54, 1.807) is 12.4 Å². The van der Waals surface area contributed by atoms with E-state index in [1.807, 2.05) is 23.0 Å². The third-order valence-corrected chi connectivity index (χ3v) is 7.41. The average Bonchev–Trinajstić information content (AvgIpc) is 3.22. The Morgan fingerprint density at radius 1 is 1.23 bits per heavy atom. The molecule has 3 aliphatic rings. The van der Waals surface area contributed by atoms with Gasteiger partial charge in [-0.05, 0) is 49.7 Å². The summed E-state index contributed by atoms with van der Waals surface area (Å²) in [5, 5.41) is 7.68. The SMILES string of the molecule is C=C1/C=C\n2ncc(c2CCC)C(=O)NC2CC(C2)Oc2ncccc2C(C)CCCC(C)CC1. The maximum absolute atomic E-state index is 13.1. The molecule has 2 aromatic heterocycles. The van der Waals surface area contributed by atoms with Gasteiger partial charge in [-0.1, -0.05) is 58.3 Å². The van der Waals surface area contributed by atoms with Crippen LogP contribution in [0.15, 0.2) is 42.8 Å². The summed E-state index contributed by atoms with van der Waals surface area (Å²) in [6.07, 6.45) is 16.5. The van der Waals surface area contributed by atoms with Crippen molar-refractivity contribution in [3.63, 3.8) is 0 Å². The van der Waals surface area contributed by atoms with Crippen molar-refractivity contribution in [2.75, 3.05) is 0 Å². The summed E-state index contributed by atoms with van der Waals surface area (Å²) >= 11 is 0. The highest BCUT2D eigenvalue weighted by atomic mass is 16.5. The molecule has 2 atom stereocenters. The summed E-state index contributed by atoms with van der Waals surface area (Å²) in [5.74, 6) is 1.75. The molecule has 0 aromatic carbocycles. The van der Waals surface area contributed by atoms with Crippen LogP contribution in [-0.4, -0.2) is 32.8 Å². The zero-order valence-corrected chi connectivity index (χ0v) is 21.5. The first-order valence-electron chi connectivity index (χ1n) is 13.3. The van der Waals surface area contributed by atoms with E-state index in [9.17, 15) is 4.79 Å². The number of hydrogen-bond acceptors (Lipinski definition) is 4. The molecule has 1 fully saturated rings. The highest BCUT2D eigenvalue weighted by molar-refractivity contribution is 5.95. The van der Waals surface area contributed by atoms with Crippen LogP contribution in [0.2, 0.25) is 0 Å². The first kappa shape index (κ1) is 25.2. The quantitative estimate of drug-likeness (QED) is 0.552. The summed E-state index contributed by atoms with van der Waals surface area (Å²) in [6, 6.07) is 4.26. The number of hydrogen-bond donors (Lipinski definition) is 1. The van der Waals surface area contributed by atoms with Crippen LogP contribution in [0.4, 0.5) is 0 Å². The van der Waals surface area contributed by atoms with Gasteiger partial charge in [0.15, 0.2) is 0 Å². The zero-order chi connectivity index (χ0) is 24.8. The van der Waals surface area contributed by atoms with Crippen molar-refractivity contribution in [3.05, 3.63) is 59.6 Å². The van der Waals surface area contributed by atoms with Gasteiger partial charge in [0.2, 0.25) is 5.88 Å². The minimum atomic E-state index is -0.0535. The van der Waals surface area contributed by atoms with Crippen molar-refractivity contribution >= 4 is 12.1 Å². The van der Waals surface area contributed by atoms with Crippen LogP contribution < -0.4 is 10.1 Å². The van der Waals surface area contributed by atoms with Gasteiger partial charge in [0.1, 0.15) is 6.10 Å². The number of nitrogens with one attached hydrogen (secondary N) is 1. The highest BCUT2D eigenvalue weighted by Gasteiger charge is 2.34. The fraction of sp³-hybridized carbons (Fsp3) is 0.552. The fourth-order valence-electron chi connectivity index (χ4n) is 5.03. The second-order valence-electron chi connectivity index (χ2n) is 10.4. The number of nitrogens with zero attached hydrogens (tertiary/aromatic N) is 3. The van der Waals surface area contributed by atoms with Crippen LogP contribution >= 0.6 is 0 Å². The Morgan fingerprint density at radius 2 is 2.06 bits per heavy atom. The number of rotatable bonds is 2. The van der Waals surface area contributed by atoms with Crippen molar-refractivity contribution in [2.45, 2.75) is 96.6 Å². The Kier molecular flexibility index (Phi) is 8.42.